The van der Waals surface area contributed by atoms with E-state index in [4.69, 9.17) is 0 Å². The zero-order valence-electron chi connectivity index (χ0n) is 15.3. The number of hydrogen-bond donors (Lipinski definition) is 2. The Morgan fingerprint density at radius 1 is 1.20 bits per heavy atom. The fraction of sp³-hybridized carbons (Fsp3) is 0.526. The highest BCUT2D eigenvalue weighted by Crippen LogP contribution is 2.20. The smallest absolute Gasteiger partial charge is 0.249 e. The van der Waals surface area contributed by atoms with Crippen LogP contribution in [-0.2, 0) is 14.4 Å². The first kappa shape index (κ1) is 19.0. The minimum atomic E-state index is -0.688. The molecular formula is C19H27N3O3. The number of benzene rings is 1. The number of piperidine rings is 1. The third-order valence-electron chi connectivity index (χ3n) is 4.25. The van der Waals surface area contributed by atoms with Crippen molar-refractivity contribution in [2.24, 2.45) is 5.41 Å². The van der Waals surface area contributed by atoms with Crippen molar-refractivity contribution in [3.8, 4) is 0 Å². The molecular weight excluding hydrogens is 318 g/mol. The van der Waals surface area contributed by atoms with E-state index in [0.717, 1.165) is 12.1 Å². The van der Waals surface area contributed by atoms with Crippen molar-refractivity contribution in [3.05, 3.63) is 30.3 Å². The molecule has 25 heavy (non-hydrogen) atoms. The third kappa shape index (κ3) is 4.81. The lowest BCUT2D eigenvalue weighted by atomic mass is 9.95. The lowest BCUT2D eigenvalue weighted by molar-refractivity contribution is -0.134. The van der Waals surface area contributed by atoms with Crippen molar-refractivity contribution in [2.75, 3.05) is 11.4 Å². The zero-order valence-corrected chi connectivity index (χ0v) is 15.3. The molecule has 1 aliphatic rings. The van der Waals surface area contributed by atoms with E-state index in [0.29, 0.717) is 13.0 Å². The number of hydrogen-bond acceptors (Lipinski definition) is 3. The van der Waals surface area contributed by atoms with Gasteiger partial charge in [0.1, 0.15) is 12.1 Å². The standard InChI is InChI=1S/C19H27N3O3/c1-13(20-18(25)19(2,3)4)16(23)21-15-11-8-12-22(17(15)24)14-9-6-5-7-10-14/h5-7,9-10,13,15H,8,11-12H2,1-4H3,(H,20,25)(H,21,23)/t13-,15+/m1/s1. The maximum Gasteiger partial charge on any atom is 0.249 e. The molecule has 2 atom stereocenters. The van der Waals surface area contributed by atoms with Crippen molar-refractivity contribution in [1.82, 2.24) is 10.6 Å². The SMILES string of the molecule is C[C@@H](NC(=O)C(C)(C)C)C(=O)N[C@H]1CCCN(c2ccccc2)C1=O. The van der Waals surface area contributed by atoms with E-state index in [-0.39, 0.29) is 17.7 Å². The second-order valence-electron chi connectivity index (χ2n) is 7.47. The van der Waals surface area contributed by atoms with Crippen LogP contribution in [0.25, 0.3) is 0 Å². The summed E-state index contributed by atoms with van der Waals surface area (Å²) in [5.74, 6) is -0.651. The van der Waals surface area contributed by atoms with Gasteiger partial charge in [-0.05, 0) is 31.9 Å². The summed E-state index contributed by atoms with van der Waals surface area (Å²) in [5.41, 5.74) is 0.264. The first-order chi connectivity index (χ1) is 11.7. The quantitative estimate of drug-likeness (QED) is 0.874. The van der Waals surface area contributed by atoms with Crippen LogP contribution in [0.4, 0.5) is 5.69 Å². The molecule has 0 radical (unpaired) electrons. The monoisotopic (exact) mass is 345 g/mol. The highest BCUT2D eigenvalue weighted by molar-refractivity contribution is 6.00. The van der Waals surface area contributed by atoms with Gasteiger partial charge in [-0.3, -0.25) is 14.4 Å². The Balaban J connectivity index is 1.98. The van der Waals surface area contributed by atoms with Gasteiger partial charge in [-0.25, -0.2) is 0 Å². The van der Waals surface area contributed by atoms with Gasteiger partial charge in [-0.2, -0.15) is 0 Å². The molecule has 1 fully saturated rings. The van der Waals surface area contributed by atoms with Crippen LogP contribution < -0.4 is 15.5 Å². The maximum absolute atomic E-state index is 12.7. The first-order valence-corrected chi connectivity index (χ1v) is 8.68. The summed E-state index contributed by atoms with van der Waals surface area (Å²) in [6.45, 7) is 7.63. The molecule has 2 rings (SSSR count). The summed E-state index contributed by atoms with van der Waals surface area (Å²) in [4.78, 5) is 38.8. The van der Waals surface area contributed by atoms with Crippen LogP contribution in [-0.4, -0.2) is 36.3 Å². The van der Waals surface area contributed by atoms with Gasteiger partial charge in [-0.15, -0.1) is 0 Å². The molecule has 1 aliphatic heterocycles. The van der Waals surface area contributed by atoms with Gasteiger partial charge in [0, 0.05) is 17.6 Å². The summed E-state index contributed by atoms with van der Waals surface area (Å²) in [6, 6.07) is 8.19. The van der Waals surface area contributed by atoms with E-state index in [2.05, 4.69) is 10.6 Å². The maximum atomic E-state index is 12.7. The number of amides is 3. The van der Waals surface area contributed by atoms with Crippen molar-refractivity contribution in [3.63, 3.8) is 0 Å². The highest BCUT2D eigenvalue weighted by atomic mass is 16.2. The van der Waals surface area contributed by atoms with Crippen molar-refractivity contribution in [1.29, 1.82) is 0 Å². The molecule has 1 aromatic carbocycles. The number of carbonyl (C=O) groups excluding carboxylic acids is 3. The second kappa shape index (κ2) is 7.68. The van der Waals surface area contributed by atoms with E-state index >= 15 is 0 Å². The second-order valence-corrected chi connectivity index (χ2v) is 7.47. The number of anilines is 1. The fourth-order valence-corrected chi connectivity index (χ4v) is 2.65. The Labute approximate surface area is 149 Å². The predicted molar refractivity (Wildman–Crippen MR) is 97.0 cm³/mol. The van der Waals surface area contributed by atoms with Crippen LogP contribution in [0.1, 0.15) is 40.5 Å². The summed E-state index contributed by atoms with van der Waals surface area (Å²) in [5, 5.41) is 5.47. The van der Waals surface area contributed by atoms with Gasteiger partial charge in [0.25, 0.3) is 0 Å². The van der Waals surface area contributed by atoms with Crippen molar-refractivity contribution in [2.45, 2.75) is 52.6 Å². The largest absolute Gasteiger partial charge is 0.344 e. The Kier molecular flexibility index (Phi) is 5.82. The molecule has 136 valence electrons. The number of nitrogens with one attached hydrogen (secondary N) is 2. The van der Waals surface area contributed by atoms with Crippen LogP contribution in [0.2, 0.25) is 0 Å². The number of rotatable bonds is 4. The third-order valence-corrected chi connectivity index (χ3v) is 4.25. The van der Waals surface area contributed by atoms with Gasteiger partial charge in [0.05, 0.1) is 0 Å². The molecule has 6 heteroatoms. The summed E-state index contributed by atoms with van der Waals surface area (Å²) in [6.07, 6.45) is 1.42. The topological polar surface area (TPSA) is 78.5 Å². The van der Waals surface area contributed by atoms with E-state index in [1.807, 2.05) is 30.3 Å². The molecule has 2 N–H and O–H groups in total. The van der Waals surface area contributed by atoms with E-state index < -0.39 is 17.5 Å². The average molecular weight is 345 g/mol. The molecule has 0 bridgehead atoms. The van der Waals surface area contributed by atoms with Crippen LogP contribution in [0.5, 0.6) is 0 Å². The molecule has 0 spiro atoms. The van der Waals surface area contributed by atoms with E-state index in [1.165, 1.54) is 0 Å². The van der Waals surface area contributed by atoms with Crippen LogP contribution in [0.15, 0.2) is 30.3 Å². The summed E-state index contributed by atoms with van der Waals surface area (Å²) < 4.78 is 0. The Hall–Kier alpha value is -2.37. The fourth-order valence-electron chi connectivity index (χ4n) is 2.65. The minimum Gasteiger partial charge on any atom is -0.344 e. The molecule has 1 heterocycles. The van der Waals surface area contributed by atoms with Gasteiger partial charge in [0.2, 0.25) is 17.7 Å². The van der Waals surface area contributed by atoms with E-state index in [9.17, 15) is 14.4 Å². The predicted octanol–water partition coefficient (Wildman–Crippen LogP) is 1.85. The lowest BCUT2D eigenvalue weighted by Crippen LogP contribution is -2.56. The molecule has 6 nitrogen and oxygen atoms in total. The van der Waals surface area contributed by atoms with Gasteiger partial charge in [0.15, 0.2) is 0 Å². The Morgan fingerprint density at radius 2 is 1.84 bits per heavy atom. The summed E-state index contributed by atoms with van der Waals surface area (Å²) >= 11 is 0. The van der Waals surface area contributed by atoms with Gasteiger partial charge >= 0.3 is 0 Å². The molecule has 3 amide bonds. The van der Waals surface area contributed by atoms with Crippen LogP contribution in [0.3, 0.4) is 0 Å². The zero-order chi connectivity index (χ0) is 18.6. The molecule has 0 aromatic heterocycles. The first-order valence-electron chi connectivity index (χ1n) is 8.68. The molecule has 1 saturated heterocycles. The van der Waals surface area contributed by atoms with Crippen LogP contribution in [0, 0.1) is 5.41 Å². The van der Waals surface area contributed by atoms with Crippen LogP contribution >= 0.6 is 0 Å². The number of nitrogens with zero attached hydrogens (tertiary/aromatic N) is 1. The molecule has 0 saturated carbocycles. The van der Waals surface area contributed by atoms with Crippen molar-refractivity contribution < 1.29 is 14.4 Å². The van der Waals surface area contributed by atoms with Gasteiger partial charge in [-0.1, -0.05) is 39.0 Å². The van der Waals surface area contributed by atoms with Crippen molar-refractivity contribution >= 4 is 23.4 Å². The minimum absolute atomic E-state index is 0.111. The Morgan fingerprint density at radius 3 is 2.44 bits per heavy atom. The Bertz CT molecular complexity index is 637. The number of para-hydroxylation sites is 1. The van der Waals surface area contributed by atoms with Gasteiger partial charge < -0.3 is 15.5 Å². The lowest BCUT2D eigenvalue weighted by Gasteiger charge is -2.33. The normalized spacial score (nSPS) is 19.3. The summed E-state index contributed by atoms with van der Waals surface area (Å²) in [7, 11) is 0. The average Bonchev–Trinajstić information content (AvgIpc) is 2.56. The van der Waals surface area contributed by atoms with E-state index in [1.54, 1.807) is 32.6 Å². The number of carbonyl (C=O) groups is 3. The molecule has 0 unspecified atom stereocenters. The highest BCUT2D eigenvalue weighted by Gasteiger charge is 2.32. The molecule has 0 aliphatic carbocycles. The molecule has 1 aromatic rings.